The number of allylic oxidation sites excluding steroid dienone is 1. The van der Waals surface area contributed by atoms with Gasteiger partial charge in [-0.15, -0.1) is 0 Å². The Balaban J connectivity index is 1.31. The van der Waals surface area contributed by atoms with Crippen LogP contribution >= 0.6 is 0 Å². The monoisotopic (exact) mass is 534 g/mol. The summed E-state index contributed by atoms with van der Waals surface area (Å²) in [7, 11) is 3.10. The molecule has 0 saturated heterocycles. The third-order valence-corrected chi connectivity index (χ3v) is 7.01. The second-order valence-corrected chi connectivity index (χ2v) is 9.64. The van der Waals surface area contributed by atoms with Crippen molar-refractivity contribution in [2.24, 2.45) is 0 Å². The number of halogens is 2. The maximum Gasteiger partial charge on any atom is 0.316 e. The molecule has 3 N–H and O–H groups in total. The summed E-state index contributed by atoms with van der Waals surface area (Å²) in [5.41, 5.74) is 3.28. The van der Waals surface area contributed by atoms with E-state index >= 15 is 0 Å². The van der Waals surface area contributed by atoms with Crippen molar-refractivity contribution < 1.29 is 23.0 Å². The normalized spacial score (nSPS) is 17.7. The molecule has 0 unspecified atom stereocenters. The zero-order valence-electron chi connectivity index (χ0n) is 21.5. The lowest BCUT2D eigenvalue weighted by Gasteiger charge is -2.34. The average molecular weight is 535 g/mol. The molecule has 0 amide bonds. The van der Waals surface area contributed by atoms with Gasteiger partial charge in [-0.25, -0.2) is 8.78 Å². The van der Waals surface area contributed by atoms with E-state index in [0.29, 0.717) is 22.9 Å². The van der Waals surface area contributed by atoms with Gasteiger partial charge in [-0.2, -0.15) is 4.98 Å². The van der Waals surface area contributed by atoms with Gasteiger partial charge in [-0.1, -0.05) is 30.3 Å². The van der Waals surface area contributed by atoms with Crippen LogP contribution < -0.4 is 15.4 Å². The fraction of sp³-hybridized carbons (Fsp3) is 0.321. The lowest BCUT2D eigenvalue weighted by Crippen LogP contribution is -2.43. The number of hydrogen-bond donors (Lipinski definition) is 3. The van der Waals surface area contributed by atoms with Crippen LogP contribution in [-0.2, 0) is 14.9 Å². The smallest absolute Gasteiger partial charge is 0.316 e. The molecule has 202 valence electrons. The van der Waals surface area contributed by atoms with E-state index in [0.717, 1.165) is 29.5 Å². The molecule has 2 saturated carbocycles. The van der Waals surface area contributed by atoms with Crippen molar-refractivity contribution in [1.29, 1.82) is 5.41 Å². The molecule has 3 aromatic rings. The average Bonchev–Trinajstić information content (AvgIpc) is 3.74. The fourth-order valence-corrected chi connectivity index (χ4v) is 4.63. The molecular weight excluding hydrogens is 506 g/mol. The second-order valence-electron chi connectivity index (χ2n) is 9.64. The molecule has 2 aliphatic rings. The molecule has 9 nitrogen and oxygen atoms in total. The van der Waals surface area contributed by atoms with Crippen molar-refractivity contribution in [2.45, 2.75) is 43.1 Å². The summed E-state index contributed by atoms with van der Waals surface area (Å²) >= 11 is 0. The van der Waals surface area contributed by atoms with Crippen molar-refractivity contribution in [3.63, 3.8) is 0 Å². The second kappa shape index (κ2) is 10.4. The molecule has 0 bridgehead atoms. The summed E-state index contributed by atoms with van der Waals surface area (Å²) in [4.78, 5) is 25.1. The zero-order valence-corrected chi connectivity index (χ0v) is 21.5. The third-order valence-electron chi connectivity index (χ3n) is 7.01. The highest BCUT2D eigenvalue weighted by atomic mass is 19.3. The van der Waals surface area contributed by atoms with E-state index < -0.39 is 17.4 Å². The van der Waals surface area contributed by atoms with Gasteiger partial charge < -0.3 is 25.5 Å². The first-order valence-corrected chi connectivity index (χ1v) is 12.5. The molecule has 2 fully saturated rings. The van der Waals surface area contributed by atoms with Crippen LogP contribution in [0.5, 0.6) is 5.88 Å². The number of hydrogen-bond acceptors (Lipinski definition) is 9. The van der Waals surface area contributed by atoms with E-state index in [4.69, 9.17) is 14.9 Å². The first-order valence-electron chi connectivity index (χ1n) is 12.5. The quantitative estimate of drug-likeness (QED) is 0.256. The number of nitrogens with one attached hydrogen (secondary N) is 3. The van der Waals surface area contributed by atoms with Gasteiger partial charge in [-0.3, -0.25) is 14.8 Å². The summed E-state index contributed by atoms with van der Waals surface area (Å²) in [5.74, 6) is -1.98. The Morgan fingerprint density at radius 1 is 1.08 bits per heavy atom. The van der Waals surface area contributed by atoms with Crippen molar-refractivity contribution >= 4 is 23.6 Å². The molecule has 2 heterocycles. The molecule has 2 aromatic heterocycles. The number of alkyl halides is 2. The van der Waals surface area contributed by atoms with Gasteiger partial charge in [0.25, 0.3) is 5.92 Å². The van der Waals surface area contributed by atoms with Crippen LogP contribution in [-0.4, -0.2) is 53.3 Å². The van der Waals surface area contributed by atoms with Crippen LogP contribution in [0.15, 0.2) is 60.8 Å². The summed E-state index contributed by atoms with van der Waals surface area (Å²) < 4.78 is 36.7. The number of pyridine rings is 1. The molecule has 11 heteroatoms. The molecule has 5 rings (SSSR count). The molecule has 0 radical (unpaired) electrons. The Labute approximate surface area is 224 Å². The van der Waals surface area contributed by atoms with E-state index in [1.54, 1.807) is 19.3 Å². The van der Waals surface area contributed by atoms with E-state index in [9.17, 15) is 13.6 Å². The SMILES string of the molecule is CN/C(Nc1cncc(OC2CC(F)(F)C2)n1)=C(\C=N)c1ccc(-c2ccc(C3(C(=O)OC)CC3)cc2)cn1. The van der Waals surface area contributed by atoms with Crippen LogP contribution in [0.3, 0.4) is 0 Å². The van der Waals surface area contributed by atoms with Crippen LogP contribution in [0.25, 0.3) is 16.7 Å². The molecular formula is C28H28F2N6O3. The number of carbonyl (C=O) groups excluding carboxylic acids is 1. The predicted molar refractivity (Wildman–Crippen MR) is 142 cm³/mol. The number of nitrogens with zero attached hydrogens (tertiary/aromatic N) is 3. The van der Waals surface area contributed by atoms with Crippen LogP contribution in [0.4, 0.5) is 14.6 Å². The minimum Gasteiger partial charge on any atom is -0.473 e. The lowest BCUT2D eigenvalue weighted by molar-refractivity contribution is -0.143. The Kier molecular flexibility index (Phi) is 6.98. The number of benzene rings is 1. The number of carbonyl (C=O) groups is 1. The minimum absolute atomic E-state index is 0.139. The van der Waals surface area contributed by atoms with E-state index in [2.05, 4.69) is 25.6 Å². The zero-order chi connectivity index (χ0) is 27.6. The maximum atomic E-state index is 13.1. The molecule has 1 aromatic carbocycles. The van der Waals surface area contributed by atoms with Crippen LogP contribution in [0, 0.1) is 5.41 Å². The number of ether oxygens (including phenoxy) is 2. The van der Waals surface area contributed by atoms with Crippen molar-refractivity contribution in [1.82, 2.24) is 20.3 Å². The standard InChI is InChI=1S/C28H28F2N6O3/c1-32-25(36-23-15-33-16-24(35-23)39-20-11-28(29,30)12-20)21(13-31)22-8-5-18(14-34-22)17-3-6-19(7-4-17)27(9-10-27)26(37)38-2/h3-8,13-16,20,31-32H,9-12H2,1-2H3,(H,35,36)/b25-21-,31-13?. The third kappa shape index (κ3) is 5.43. The Bertz CT molecular complexity index is 1400. The number of esters is 1. The van der Waals surface area contributed by atoms with Crippen molar-refractivity contribution in [3.05, 3.63) is 72.1 Å². The first kappa shape index (κ1) is 26.2. The van der Waals surface area contributed by atoms with Gasteiger partial charge >= 0.3 is 5.97 Å². The highest BCUT2D eigenvalue weighted by molar-refractivity contribution is 6.09. The van der Waals surface area contributed by atoms with Gasteiger partial charge in [0.2, 0.25) is 5.88 Å². The predicted octanol–water partition coefficient (Wildman–Crippen LogP) is 4.57. The summed E-state index contributed by atoms with van der Waals surface area (Å²) in [5, 5.41) is 14.1. The Morgan fingerprint density at radius 3 is 2.36 bits per heavy atom. The molecule has 0 spiro atoms. The number of anilines is 1. The largest absolute Gasteiger partial charge is 0.473 e. The topological polar surface area (TPSA) is 122 Å². The van der Waals surface area contributed by atoms with Gasteiger partial charge in [-0.05, 0) is 30.0 Å². The number of methoxy groups -OCH3 is 1. The lowest BCUT2D eigenvalue weighted by atomic mass is 9.91. The minimum atomic E-state index is -2.69. The molecule has 2 aliphatic carbocycles. The van der Waals surface area contributed by atoms with Gasteiger partial charge in [0.05, 0.1) is 36.2 Å². The van der Waals surface area contributed by atoms with E-state index in [1.807, 2.05) is 30.3 Å². The number of rotatable bonds is 10. The molecule has 0 aliphatic heterocycles. The van der Waals surface area contributed by atoms with E-state index in [1.165, 1.54) is 25.7 Å². The highest BCUT2D eigenvalue weighted by Crippen LogP contribution is 2.49. The Hall–Kier alpha value is -4.41. The highest BCUT2D eigenvalue weighted by Gasteiger charge is 2.52. The molecule has 39 heavy (non-hydrogen) atoms. The van der Waals surface area contributed by atoms with Gasteiger partial charge in [0.15, 0.2) is 5.82 Å². The Morgan fingerprint density at radius 2 is 1.79 bits per heavy atom. The van der Waals surface area contributed by atoms with Crippen molar-refractivity contribution in [2.75, 3.05) is 19.5 Å². The maximum absolute atomic E-state index is 13.1. The van der Waals surface area contributed by atoms with Crippen LogP contribution in [0.1, 0.15) is 36.9 Å². The van der Waals surface area contributed by atoms with Crippen LogP contribution in [0.2, 0.25) is 0 Å². The first-order chi connectivity index (χ1) is 18.8. The van der Waals surface area contributed by atoms with Gasteiger partial charge in [0, 0.05) is 37.9 Å². The summed E-state index contributed by atoms with van der Waals surface area (Å²) in [6.45, 7) is 0. The molecule has 0 atom stereocenters. The summed E-state index contributed by atoms with van der Waals surface area (Å²) in [6.07, 6.45) is 6.03. The van der Waals surface area contributed by atoms with Crippen molar-refractivity contribution in [3.8, 4) is 17.0 Å². The van der Waals surface area contributed by atoms with E-state index in [-0.39, 0.29) is 24.7 Å². The fourth-order valence-electron chi connectivity index (χ4n) is 4.63. The number of aromatic nitrogens is 3. The van der Waals surface area contributed by atoms with Gasteiger partial charge in [0.1, 0.15) is 11.9 Å². The summed E-state index contributed by atoms with van der Waals surface area (Å²) in [6, 6.07) is 11.5.